The standard InChI is InChI=1S/C8H10BBrN2O/c1-8(2,9)5-13-7-11-3-6(10)4-12-7/h3-4H,5H2,1-2H3. The topological polar surface area (TPSA) is 35.0 Å². The summed E-state index contributed by atoms with van der Waals surface area (Å²) in [6, 6.07) is 0.349. The van der Waals surface area contributed by atoms with Gasteiger partial charge in [-0.05, 0) is 21.2 Å². The summed E-state index contributed by atoms with van der Waals surface area (Å²) < 4.78 is 6.08. The molecule has 0 saturated heterocycles. The Balaban J connectivity index is 2.51. The average molecular weight is 241 g/mol. The first kappa shape index (κ1) is 10.5. The fraction of sp³-hybridized carbons (Fsp3) is 0.500. The average Bonchev–Trinajstić information content (AvgIpc) is 2.02. The minimum absolute atomic E-state index is 0.349. The Kier molecular flexibility index (Phi) is 3.30. The summed E-state index contributed by atoms with van der Waals surface area (Å²) in [6.45, 7) is 4.16. The molecule has 1 heterocycles. The molecule has 0 N–H and O–H groups in total. The number of hydrogen-bond donors (Lipinski definition) is 0. The lowest BCUT2D eigenvalue weighted by atomic mass is 9.73. The summed E-state index contributed by atoms with van der Waals surface area (Å²) in [4.78, 5) is 7.89. The van der Waals surface area contributed by atoms with E-state index < -0.39 is 0 Å². The van der Waals surface area contributed by atoms with Crippen LogP contribution in [0.25, 0.3) is 0 Å². The van der Waals surface area contributed by atoms with Gasteiger partial charge in [0.2, 0.25) is 0 Å². The maximum atomic E-state index is 5.72. The van der Waals surface area contributed by atoms with Gasteiger partial charge in [0.15, 0.2) is 0 Å². The molecule has 0 amide bonds. The summed E-state index contributed by atoms with van der Waals surface area (Å²) in [7, 11) is 5.72. The maximum Gasteiger partial charge on any atom is 0.316 e. The van der Waals surface area contributed by atoms with Crippen molar-refractivity contribution >= 4 is 23.8 Å². The van der Waals surface area contributed by atoms with Crippen molar-refractivity contribution in [3.8, 4) is 6.01 Å². The second-order valence-corrected chi connectivity index (χ2v) is 4.38. The van der Waals surface area contributed by atoms with Crippen LogP contribution in [-0.4, -0.2) is 24.4 Å². The maximum absolute atomic E-state index is 5.72. The number of ether oxygens (including phenoxy) is 1. The van der Waals surface area contributed by atoms with E-state index in [4.69, 9.17) is 12.6 Å². The predicted molar refractivity (Wildman–Crippen MR) is 55.0 cm³/mol. The Hall–Kier alpha value is -0.575. The van der Waals surface area contributed by atoms with Gasteiger partial charge in [-0.15, -0.1) is 0 Å². The molecule has 1 aromatic heterocycles. The van der Waals surface area contributed by atoms with Gasteiger partial charge in [-0.3, -0.25) is 0 Å². The lowest BCUT2D eigenvalue weighted by Gasteiger charge is -2.17. The Morgan fingerprint density at radius 2 is 2.00 bits per heavy atom. The molecule has 68 valence electrons. The van der Waals surface area contributed by atoms with Gasteiger partial charge in [0, 0.05) is 12.4 Å². The molecular weight excluding hydrogens is 231 g/mol. The quantitative estimate of drug-likeness (QED) is 0.759. The predicted octanol–water partition coefficient (Wildman–Crippen LogP) is 1.98. The molecule has 0 aliphatic heterocycles. The summed E-state index contributed by atoms with van der Waals surface area (Å²) >= 11 is 3.23. The van der Waals surface area contributed by atoms with Gasteiger partial charge < -0.3 is 4.74 Å². The largest absolute Gasteiger partial charge is 0.464 e. The molecule has 2 radical (unpaired) electrons. The van der Waals surface area contributed by atoms with Gasteiger partial charge in [-0.25, -0.2) is 9.97 Å². The van der Waals surface area contributed by atoms with E-state index in [0.29, 0.717) is 12.6 Å². The van der Waals surface area contributed by atoms with Gasteiger partial charge in [-0.1, -0.05) is 13.8 Å². The molecule has 0 aromatic carbocycles. The van der Waals surface area contributed by atoms with Crippen molar-refractivity contribution in [3.63, 3.8) is 0 Å². The van der Waals surface area contributed by atoms with Crippen LogP contribution in [-0.2, 0) is 0 Å². The van der Waals surface area contributed by atoms with E-state index in [1.165, 1.54) is 0 Å². The van der Waals surface area contributed by atoms with Crippen molar-refractivity contribution in [2.24, 2.45) is 0 Å². The molecule has 0 atom stereocenters. The third kappa shape index (κ3) is 4.27. The van der Waals surface area contributed by atoms with Gasteiger partial charge in [0.05, 0.1) is 18.9 Å². The van der Waals surface area contributed by atoms with Crippen LogP contribution in [0.1, 0.15) is 13.8 Å². The van der Waals surface area contributed by atoms with E-state index in [1.807, 2.05) is 13.8 Å². The molecular formula is C8H10BBrN2O. The molecule has 5 heteroatoms. The molecule has 0 aliphatic rings. The van der Waals surface area contributed by atoms with E-state index >= 15 is 0 Å². The van der Waals surface area contributed by atoms with Crippen molar-refractivity contribution in [1.29, 1.82) is 0 Å². The monoisotopic (exact) mass is 240 g/mol. The van der Waals surface area contributed by atoms with Crippen molar-refractivity contribution in [2.45, 2.75) is 19.2 Å². The van der Waals surface area contributed by atoms with Gasteiger partial charge in [0.1, 0.15) is 0 Å². The third-order valence-electron chi connectivity index (χ3n) is 1.17. The zero-order valence-electron chi connectivity index (χ0n) is 7.62. The lowest BCUT2D eigenvalue weighted by molar-refractivity contribution is 0.259. The molecule has 3 nitrogen and oxygen atoms in total. The highest BCUT2D eigenvalue weighted by atomic mass is 79.9. The smallest absolute Gasteiger partial charge is 0.316 e. The molecule has 0 aliphatic carbocycles. The first-order valence-electron chi connectivity index (χ1n) is 3.86. The van der Waals surface area contributed by atoms with Crippen LogP contribution < -0.4 is 4.74 Å². The highest BCUT2D eigenvalue weighted by molar-refractivity contribution is 9.10. The van der Waals surface area contributed by atoms with Crippen molar-refractivity contribution in [2.75, 3.05) is 6.61 Å². The van der Waals surface area contributed by atoms with E-state index in [1.54, 1.807) is 12.4 Å². The van der Waals surface area contributed by atoms with E-state index in [2.05, 4.69) is 25.9 Å². The van der Waals surface area contributed by atoms with Gasteiger partial charge in [0.25, 0.3) is 0 Å². The van der Waals surface area contributed by atoms with Crippen molar-refractivity contribution in [3.05, 3.63) is 16.9 Å². The lowest BCUT2D eigenvalue weighted by Crippen LogP contribution is -2.15. The van der Waals surface area contributed by atoms with Gasteiger partial charge in [-0.2, -0.15) is 0 Å². The minimum atomic E-state index is -0.365. The summed E-state index contributed by atoms with van der Waals surface area (Å²) in [5, 5.41) is -0.365. The highest BCUT2D eigenvalue weighted by Gasteiger charge is 2.11. The molecule has 0 fully saturated rings. The van der Waals surface area contributed by atoms with Crippen molar-refractivity contribution in [1.82, 2.24) is 9.97 Å². The molecule has 0 saturated carbocycles. The molecule has 0 spiro atoms. The SMILES string of the molecule is [B]C(C)(C)COc1ncc(Br)cn1. The normalized spacial score (nSPS) is 11.3. The third-order valence-corrected chi connectivity index (χ3v) is 1.58. The van der Waals surface area contributed by atoms with E-state index in [9.17, 15) is 0 Å². The Morgan fingerprint density at radius 3 is 2.46 bits per heavy atom. The summed E-state index contributed by atoms with van der Waals surface area (Å²) in [6.07, 6.45) is 3.26. The van der Waals surface area contributed by atoms with Crippen LogP contribution in [0.3, 0.4) is 0 Å². The van der Waals surface area contributed by atoms with Crippen LogP contribution in [0.4, 0.5) is 0 Å². The van der Waals surface area contributed by atoms with Crippen LogP contribution in [0.15, 0.2) is 16.9 Å². The fourth-order valence-corrected chi connectivity index (χ4v) is 0.830. The molecule has 1 aromatic rings. The molecule has 13 heavy (non-hydrogen) atoms. The van der Waals surface area contributed by atoms with Crippen LogP contribution in [0, 0.1) is 0 Å². The first-order chi connectivity index (χ1) is 5.97. The van der Waals surface area contributed by atoms with Crippen LogP contribution >= 0.6 is 15.9 Å². The van der Waals surface area contributed by atoms with Crippen LogP contribution in [0.5, 0.6) is 6.01 Å². The number of aromatic nitrogens is 2. The van der Waals surface area contributed by atoms with E-state index in [0.717, 1.165) is 4.47 Å². The van der Waals surface area contributed by atoms with Crippen LogP contribution in [0.2, 0.25) is 5.31 Å². The Labute approximate surface area is 87.5 Å². The Morgan fingerprint density at radius 1 is 1.46 bits per heavy atom. The second kappa shape index (κ2) is 4.09. The van der Waals surface area contributed by atoms with Crippen molar-refractivity contribution < 1.29 is 4.74 Å². The number of rotatable bonds is 3. The van der Waals surface area contributed by atoms with Gasteiger partial charge >= 0.3 is 6.01 Å². The summed E-state index contributed by atoms with van der Waals surface area (Å²) in [5.41, 5.74) is 0. The highest BCUT2D eigenvalue weighted by Crippen LogP contribution is 2.18. The minimum Gasteiger partial charge on any atom is -0.464 e. The summed E-state index contributed by atoms with van der Waals surface area (Å²) in [5.74, 6) is 0. The zero-order chi connectivity index (χ0) is 9.90. The zero-order valence-corrected chi connectivity index (χ0v) is 9.21. The second-order valence-electron chi connectivity index (χ2n) is 3.46. The number of hydrogen-bond acceptors (Lipinski definition) is 3. The number of nitrogens with zero attached hydrogens (tertiary/aromatic N) is 2. The first-order valence-corrected chi connectivity index (χ1v) is 4.66. The molecule has 0 bridgehead atoms. The fourth-order valence-electron chi connectivity index (χ4n) is 0.626. The molecule has 1 rings (SSSR count). The van der Waals surface area contributed by atoms with E-state index in [-0.39, 0.29) is 5.31 Å². The Bertz CT molecular complexity index is 270. The molecule has 0 unspecified atom stereocenters. The number of halogens is 1.